The summed E-state index contributed by atoms with van der Waals surface area (Å²) in [5, 5.41) is 4.25. The molecule has 20 heavy (non-hydrogen) atoms. The summed E-state index contributed by atoms with van der Waals surface area (Å²) in [6, 6.07) is 8.05. The van der Waals surface area contributed by atoms with Gasteiger partial charge in [0, 0.05) is 11.1 Å². The summed E-state index contributed by atoms with van der Waals surface area (Å²) >= 11 is 5.90. The maximum absolute atomic E-state index is 11.7. The van der Waals surface area contributed by atoms with Crippen LogP contribution in [0.15, 0.2) is 24.3 Å². The molecule has 5 heteroatoms. The minimum Gasteiger partial charge on any atom is -0.313 e. The van der Waals surface area contributed by atoms with Crippen LogP contribution >= 0.6 is 11.6 Å². The third kappa shape index (κ3) is 4.47. The molecule has 2 atom stereocenters. The summed E-state index contributed by atoms with van der Waals surface area (Å²) in [4.78, 5) is 0. The van der Waals surface area contributed by atoms with Gasteiger partial charge in [0.05, 0.1) is 11.5 Å². The Balaban J connectivity index is 2.05. The summed E-state index contributed by atoms with van der Waals surface area (Å²) < 4.78 is 23.3. The number of benzene rings is 1. The van der Waals surface area contributed by atoms with E-state index in [9.17, 15) is 8.42 Å². The van der Waals surface area contributed by atoms with Crippen LogP contribution in [-0.4, -0.2) is 32.5 Å². The Morgan fingerprint density at radius 3 is 2.60 bits per heavy atom. The van der Waals surface area contributed by atoms with E-state index >= 15 is 0 Å². The Bertz CT molecular complexity index is 527. The van der Waals surface area contributed by atoms with E-state index in [1.165, 1.54) is 5.56 Å². The molecule has 2 rings (SSSR count). The largest absolute Gasteiger partial charge is 0.313 e. The van der Waals surface area contributed by atoms with Gasteiger partial charge >= 0.3 is 0 Å². The quantitative estimate of drug-likeness (QED) is 0.878. The third-order valence-electron chi connectivity index (χ3n) is 3.86. The fourth-order valence-electron chi connectivity index (χ4n) is 2.75. The molecule has 1 fully saturated rings. The van der Waals surface area contributed by atoms with Gasteiger partial charge in [-0.1, -0.05) is 30.7 Å². The Hall–Kier alpha value is -0.580. The van der Waals surface area contributed by atoms with Gasteiger partial charge < -0.3 is 5.32 Å². The predicted octanol–water partition coefficient (Wildman–Crippen LogP) is 2.69. The maximum Gasteiger partial charge on any atom is 0.150 e. The normalized spacial score (nSPS) is 22.8. The minimum absolute atomic E-state index is 0.224. The molecule has 1 heterocycles. The monoisotopic (exact) mass is 315 g/mol. The highest BCUT2D eigenvalue weighted by atomic mass is 35.5. The molecule has 0 radical (unpaired) electrons. The number of hydrogen-bond donors (Lipinski definition) is 1. The first-order valence-electron chi connectivity index (χ1n) is 7.18. The van der Waals surface area contributed by atoms with E-state index in [4.69, 9.17) is 11.6 Å². The molecule has 1 aliphatic heterocycles. The summed E-state index contributed by atoms with van der Waals surface area (Å²) in [6.07, 6.45) is 2.69. The molecule has 0 spiro atoms. The van der Waals surface area contributed by atoms with Crippen molar-refractivity contribution in [3.63, 3.8) is 0 Å². The first-order valence-corrected chi connectivity index (χ1v) is 9.38. The van der Waals surface area contributed by atoms with E-state index < -0.39 is 9.84 Å². The fraction of sp³-hybridized carbons (Fsp3) is 0.600. The van der Waals surface area contributed by atoms with Gasteiger partial charge in [-0.3, -0.25) is 0 Å². The van der Waals surface area contributed by atoms with Crippen molar-refractivity contribution in [1.29, 1.82) is 0 Å². The Morgan fingerprint density at radius 1 is 1.35 bits per heavy atom. The molecule has 0 aromatic heterocycles. The summed E-state index contributed by atoms with van der Waals surface area (Å²) in [7, 11) is -2.83. The standard InChI is InChI=1S/C15H22ClNO2S/c1-2-8-17-15(13-7-9-20(18,19)11-13)10-12-3-5-14(16)6-4-12/h3-6,13,15,17H,2,7-11H2,1H3. The van der Waals surface area contributed by atoms with Crippen molar-refractivity contribution in [2.75, 3.05) is 18.1 Å². The first-order chi connectivity index (χ1) is 9.50. The smallest absolute Gasteiger partial charge is 0.150 e. The number of rotatable bonds is 6. The molecule has 1 aliphatic rings. The summed E-state index contributed by atoms with van der Waals surface area (Å²) in [5.74, 6) is 0.882. The Morgan fingerprint density at radius 2 is 2.05 bits per heavy atom. The topological polar surface area (TPSA) is 46.2 Å². The number of nitrogens with one attached hydrogen (secondary N) is 1. The van der Waals surface area contributed by atoms with Crippen molar-refractivity contribution in [3.05, 3.63) is 34.9 Å². The minimum atomic E-state index is -2.83. The molecule has 0 amide bonds. The van der Waals surface area contributed by atoms with E-state index in [1.807, 2.05) is 24.3 Å². The van der Waals surface area contributed by atoms with E-state index in [0.29, 0.717) is 11.5 Å². The molecule has 112 valence electrons. The van der Waals surface area contributed by atoms with Gasteiger partial charge in [-0.05, 0) is 49.4 Å². The molecule has 1 aromatic rings. The number of hydrogen-bond acceptors (Lipinski definition) is 3. The van der Waals surface area contributed by atoms with Crippen LogP contribution in [0.2, 0.25) is 5.02 Å². The first kappa shape index (κ1) is 15.8. The molecule has 2 unspecified atom stereocenters. The Labute approximate surface area is 126 Å². The molecule has 0 bridgehead atoms. The zero-order valence-corrected chi connectivity index (χ0v) is 13.4. The van der Waals surface area contributed by atoms with Crippen LogP contribution < -0.4 is 5.32 Å². The number of sulfone groups is 1. The van der Waals surface area contributed by atoms with Crippen molar-refractivity contribution in [3.8, 4) is 0 Å². The average molecular weight is 316 g/mol. The second-order valence-electron chi connectivity index (χ2n) is 5.55. The molecular formula is C15H22ClNO2S. The van der Waals surface area contributed by atoms with Crippen molar-refractivity contribution in [2.45, 2.75) is 32.2 Å². The molecule has 1 N–H and O–H groups in total. The van der Waals surface area contributed by atoms with Crippen molar-refractivity contribution in [1.82, 2.24) is 5.32 Å². The molecule has 1 saturated heterocycles. The van der Waals surface area contributed by atoms with Crippen LogP contribution in [0.1, 0.15) is 25.3 Å². The lowest BCUT2D eigenvalue weighted by Crippen LogP contribution is -2.39. The maximum atomic E-state index is 11.7. The van der Waals surface area contributed by atoms with Crippen LogP contribution in [0.25, 0.3) is 0 Å². The van der Waals surface area contributed by atoms with Crippen LogP contribution in [0, 0.1) is 5.92 Å². The van der Waals surface area contributed by atoms with E-state index in [-0.39, 0.29) is 12.0 Å². The molecule has 1 aromatic carbocycles. The van der Waals surface area contributed by atoms with Gasteiger partial charge in [0.2, 0.25) is 0 Å². The Kier molecular flexibility index (Phi) is 5.47. The molecule has 0 aliphatic carbocycles. The zero-order valence-electron chi connectivity index (χ0n) is 11.8. The SMILES string of the molecule is CCCNC(Cc1ccc(Cl)cc1)C1CCS(=O)(=O)C1. The van der Waals surface area contributed by atoms with Gasteiger partial charge in [-0.2, -0.15) is 0 Å². The highest BCUT2D eigenvalue weighted by molar-refractivity contribution is 7.91. The summed E-state index contributed by atoms with van der Waals surface area (Å²) in [6.45, 7) is 3.05. The lowest BCUT2D eigenvalue weighted by molar-refractivity contribution is 0.379. The zero-order chi connectivity index (χ0) is 14.6. The van der Waals surface area contributed by atoms with Crippen LogP contribution in [0.5, 0.6) is 0 Å². The van der Waals surface area contributed by atoms with Crippen molar-refractivity contribution >= 4 is 21.4 Å². The van der Waals surface area contributed by atoms with E-state index in [2.05, 4.69) is 12.2 Å². The van der Waals surface area contributed by atoms with Crippen molar-refractivity contribution < 1.29 is 8.42 Å². The van der Waals surface area contributed by atoms with Crippen LogP contribution in [0.4, 0.5) is 0 Å². The predicted molar refractivity (Wildman–Crippen MR) is 84.0 cm³/mol. The highest BCUT2D eigenvalue weighted by Crippen LogP contribution is 2.24. The van der Waals surface area contributed by atoms with Gasteiger partial charge in [0.1, 0.15) is 0 Å². The van der Waals surface area contributed by atoms with E-state index in [1.54, 1.807) is 0 Å². The average Bonchev–Trinajstić information content (AvgIpc) is 2.77. The van der Waals surface area contributed by atoms with Crippen molar-refractivity contribution in [2.24, 2.45) is 5.92 Å². The molecule has 0 saturated carbocycles. The number of halogens is 1. The fourth-order valence-corrected chi connectivity index (χ4v) is 4.76. The van der Waals surface area contributed by atoms with Gasteiger partial charge in [0.25, 0.3) is 0 Å². The highest BCUT2D eigenvalue weighted by Gasteiger charge is 2.33. The molecular weight excluding hydrogens is 294 g/mol. The lowest BCUT2D eigenvalue weighted by atomic mass is 9.93. The van der Waals surface area contributed by atoms with E-state index in [0.717, 1.165) is 30.8 Å². The second kappa shape index (κ2) is 6.92. The van der Waals surface area contributed by atoms with Gasteiger partial charge in [-0.15, -0.1) is 0 Å². The van der Waals surface area contributed by atoms with Crippen LogP contribution in [0.3, 0.4) is 0 Å². The van der Waals surface area contributed by atoms with Gasteiger partial charge in [-0.25, -0.2) is 8.42 Å². The van der Waals surface area contributed by atoms with Gasteiger partial charge in [0.15, 0.2) is 9.84 Å². The van der Waals surface area contributed by atoms with Crippen LogP contribution in [-0.2, 0) is 16.3 Å². The lowest BCUT2D eigenvalue weighted by Gasteiger charge is -2.24. The third-order valence-corrected chi connectivity index (χ3v) is 5.91. The summed E-state index contributed by atoms with van der Waals surface area (Å²) in [5.41, 5.74) is 1.20. The molecule has 3 nitrogen and oxygen atoms in total. The second-order valence-corrected chi connectivity index (χ2v) is 8.22.